The third-order valence-corrected chi connectivity index (χ3v) is 6.36. The quantitative estimate of drug-likeness (QED) is 0.207. The first-order chi connectivity index (χ1) is 21.3. The SMILES string of the molecule is Cc1[nH]n(-c2ccccc2)c(=O)c1N=Nc1ccccc1[O-].Cc1[nH]n(-c2ccccc2)c(=O)c1N=Nc1ccccc1[O-].[Cr+3].[Na+]. The number of aromatic nitrogens is 4. The summed E-state index contributed by atoms with van der Waals surface area (Å²) in [5, 5.41) is 44.7. The minimum atomic E-state index is -0.309. The molecule has 223 valence electrons. The van der Waals surface area contributed by atoms with Crippen LogP contribution in [-0.2, 0) is 17.4 Å². The maximum absolute atomic E-state index is 12.4. The molecule has 0 atom stereocenters. The Kier molecular flexibility index (Phi) is 12.8. The van der Waals surface area contributed by atoms with Crippen LogP contribution in [0.4, 0.5) is 22.7 Å². The van der Waals surface area contributed by atoms with Crippen molar-refractivity contribution < 1.29 is 57.1 Å². The smallest absolute Gasteiger partial charge is 0.871 e. The van der Waals surface area contributed by atoms with Crippen molar-refractivity contribution in [2.24, 2.45) is 20.5 Å². The van der Waals surface area contributed by atoms with Crippen molar-refractivity contribution in [3.8, 4) is 22.9 Å². The molecule has 0 spiro atoms. The van der Waals surface area contributed by atoms with Crippen LogP contribution in [-0.4, -0.2) is 19.6 Å². The van der Waals surface area contributed by atoms with Gasteiger partial charge in [0.15, 0.2) is 11.4 Å². The number of rotatable bonds is 6. The second-order valence-corrected chi connectivity index (χ2v) is 9.46. The number of hydrogen-bond acceptors (Lipinski definition) is 8. The number of aryl methyl sites for hydroxylation is 2. The van der Waals surface area contributed by atoms with Gasteiger partial charge in [0, 0.05) is 0 Å². The van der Waals surface area contributed by atoms with Gasteiger partial charge in [-0.2, -0.15) is 10.2 Å². The van der Waals surface area contributed by atoms with E-state index in [4.69, 9.17) is 0 Å². The Bertz CT molecular complexity index is 1920. The molecule has 6 aromatic rings. The van der Waals surface area contributed by atoms with Gasteiger partial charge in [0.1, 0.15) is 0 Å². The third kappa shape index (κ3) is 8.28. The topological polar surface area (TPSA) is 171 Å². The van der Waals surface area contributed by atoms with Gasteiger partial charge in [-0.05, 0) is 50.2 Å². The van der Waals surface area contributed by atoms with Crippen molar-refractivity contribution in [3.05, 3.63) is 141 Å². The van der Waals surface area contributed by atoms with Crippen LogP contribution in [0.25, 0.3) is 11.4 Å². The zero-order chi connectivity index (χ0) is 31.1. The number of aromatic amines is 2. The van der Waals surface area contributed by atoms with Gasteiger partial charge < -0.3 is 10.2 Å². The molecule has 0 unspecified atom stereocenters. The number of para-hydroxylation sites is 4. The zero-order valence-electron chi connectivity index (χ0n) is 25.1. The van der Waals surface area contributed by atoms with Crippen LogP contribution in [0, 0.1) is 13.8 Å². The van der Waals surface area contributed by atoms with Crippen molar-refractivity contribution >= 4 is 22.7 Å². The summed E-state index contributed by atoms with van der Waals surface area (Å²) in [5.74, 6) is -0.467. The first kappa shape index (κ1) is 35.7. The monoisotopic (exact) mass is 661 g/mol. The summed E-state index contributed by atoms with van der Waals surface area (Å²) in [7, 11) is 0. The van der Waals surface area contributed by atoms with Crippen molar-refractivity contribution in [2.45, 2.75) is 13.8 Å². The second-order valence-electron chi connectivity index (χ2n) is 9.46. The molecule has 2 N–H and O–H groups in total. The predicted molar refractivity (Wildman–Crippen MR) is 162 cm³/mol. The van der Waals surface area contributed by atoms with Crippen LogP contribution in [0.15, 0.2) is 139 Å². The molecule has 0 fully saturated rings. The van der Waals surface area contributed by atoms with Gasteiger partial charge in [0.2, 0.25) is 0 Å². The molecule has 46 heavy (non-hydrogen) atoms. The van der Waals surface area contributed by atoms with Crippen molar-refractivity contribution in [3.63, 3.8) is 0 Å². The minimum absolute atomic E-state index is 0. The fourth-order valence-electron chi connectivity index (χ4n) is 4.12. The summed E-state index contributed by atoms with van der Waals surface area (Å²) < 4.78 is 2.79. The molecule has 2 heterocycles. The van der Waals surface area contributed by atoms with E-state index >= 15 is 0 Å². The van der Waals surface area contributed by atoms with E-state index in [2.05, 4.69) is 30.7 Å². The maximum atomic E-state index is 12.4. The van der Waals surface area contributed by atoms with Crippen LogP contribution >= 0.6 is 0 Å². The average molecular weight is 662 g/mol. The van der Waals surface area contributed by atoms with Crippen LogP contribution in [0.5, 0.6) is 11.5 Å². The molecule has 14 heteroatoms. The Morgan fingerprint density at radius 1 is 0.522 bits per heavy atom. The molecule has 1 radical (unpaired) electrons. The molecule has 0 aliphatic carbocycles. The molecule has 0 bridgehead atoms. The fraction of sp³-hybridized carbons (Fsp3) is 0.0625. The molecule has 0 saturated heterocycles. The molecule has 0 aliphatic rings. The summed E-state index contributed by atoms with van der Waals surface area (Å²) in [4.78, 5) is 24.8. The molecule has 0 amide bonds. The number of hydrogen-bond donors (Lipinski definition) is 2. The zero-order valence-corrected chi connectivity index (χ0v) is 28.4. The summed E-state index contributed by atoms with van der Waals surface area (Å²) in [6, 6.07) is 30.9. The van der Waals surface area contributed by atoms with Gasteiger partial charge in [-0.1, -0.05) is 84.3 Å². The molecule has 0 saturated carbocycles. The normalized spacial score (nSPS) is 10.7. The Balaban J connectivity index is 0.000000240. The van der Waals surface area contributed by atoms with Crippen LogP contribution in [0.2, 0.25) is 0 Å². The third-order valence-electron chi connectivity index (χ3n) is 6.36. The van der Waals surface area contributed by atoms with E-state index in [1.165, 1.54) is 21.5 Å². The standard InChI is InChI=1S/2C16H14N4O2.Cr.Na/c2*1-11-15(18-17-13-9-5-6-10-14(13)21)16(22)20(19-11)12-7-3-2-4-8-12;;/h2*2-10,19,21H,1H3;;/q;;+3;+1/p-2. The first-order valence-corrected chi connectivity index (χ1v) is 13.4. The summed E-state index contributed by atoms with van der Waals surface area (Å²) in [6.07, 6.45) is 0. The van der Waals surface area contributed by atoms with Gasteiger partial charge in [-0.15, -0.1) is 10.2 Å². The molecule has 6 rings (SSSR count). The largest absolute Gasteiger partial charge is 3.00 e. The van der Waals surface area contributed by atoms with E-state index in [9.17, 15) is 19.8 Å². The van der Waals surface area contributed by atoms with Crippen molar-refractivity contribution in [1.29, 1.82) is 0 Å². The maximum Gasteiger partial charge on any atom is 3.00 e. The minimum Gasteiger partial charge on any atom is -0.871 e. The van der Waals surface area contributed by atoms with Gasteiger partial charge in [0.05, 0.1) is 34.1 Å². The second kappa shape index (κ2) is 16.5. The van der Waals surface area contributed by atoms with Crippen LogP contribution in [0.3, 0.4) is 0 Å². The van der Waals surface area contributed by atoms with Gasteiger partial charge in [-0.3, -0.25) is 19.8 Å². The number of benzene rings is 4. The number of azo groups is 2. The fourth-order valence-corrected chi connectivity index (χ4v) is 4.12. The summed E-state index contributed by atoms with van der Waals surface area (Å²) in [5.41, 5.74) is 2.75. The van der Waals surface area contributed by atoms with E-state index in [1.807, 2.05) is 60.7 Å². The molecule has 12 nitrogen and oxygen atoms in total. The molecule has 4 aromatic carbocycles. The molecule has 2 aromatic heterocycles. The Morgan fingerprint density at radius 3 is 1.20 bits per heavy atom. The Labute approximate surface area is 296 Å². The average Bonchev–Trinajstić information content (AvgIpc) is 3.50. The number of nitrogens with one attached hydrogen (secondary N) is 2. The van der Waals surface area contributed by atoms with Crippen LogP contribution < -0.4 is 50.9 Å². The van der Waals surface area contributed by atoms with E-state index in [-0.39, 0.29) is 92.3 Å². The Morgan fingerprint density at radius 2 is 0.848 bits per heavy atom. The molecule has 0 aliphatic heterocycles. The summed E-state index contributed by atoms with van der Waals surface area (Å²) >= 11 is 0. The summed E-state index contributed by atoms with van der Waals surface area (Å²) in [6.45, 7) is 3.47. The molecular formula is C32H26CrN8NaO4+2. The van der Waals surface area contributed by atoms with Crippen molar-refractivity contribution in [1.82, 2.24) is 19.6 Å². The molecular weight excluding hydrogens is 635 g/mol. The van der Waals surface area contributed by atoms with E-state index in [0.29, 0.717) is 22.8 Å². The first-order valence-electron chi connectivity index (χ1n) is 13.4. The number of nitrogens with zero attached hydrogens (tertiary/aromatic N) is 6. The van der Waals surface area contributed by atoms with E-state index < -0.39 is 0 Å². The predicted octanol–water partition coefficient (Wildman–Crippen LogP) is 2.93. The Hall–Kier alpha value is -4.77. The van der Waals surface area contributed by atoms with Gasteiger partial charge in [0.25, 0.3) is 11.1 Å². The van der Waals surface area contributed by atoms with Gasteiger partial charge >= 0.3 is 46.9 Å². The number of H-pyrrole nitrogens is 2. The van der Waals surface area contributed by atoms with E-state index in [0.717, 1.165) is 0 Å². The van der Waals surface area contributed by atoms with Crippen LogP contribution in [0.1, 0.15) is 11.4 Å². The van der Waals surface area contributed by atoms with Gasteiger partial charge in [-0.25, -0.2) is 9.36 Å². The van der Waals surface area contributed by atoms with Crippen molar-refractivity contribution in [2.75, 3.05) is 0 Å². The van der Waals surface area contributed by atoms with E-state index in [1.54, 1.807) is 50.2 Å².